The first-order chi connectivity index (χ1) is 15.7. The lowest BCUT2D eigenvalue weighted by Crippen LogP contribution is -2.39. The first-order valence-electron chi connectivity index (χ1n) is 10.6. The number of benzene rings is 1. The smallest absolute Gasteiger partial charge is 0.273 e. The van der Waals surface area contributed by atoms with Crippen molar-refractivity contribution in [2.45, 2.75) is 50.5 Å². The van der Waals surface area contributed by atoms with Gasteiger partial charge in [0, 0.05) is 19.0 Å². The van der Waals surface area contributed by atoms with Gasteiger partial charge in [-0.25, -0.2) is 27.5 Å². The molecule has 0 unspecified atom stereocenters. The van der Waals surface area contributed by atoms with Gasteiger partial charge in [0.2, 0.25) is 5.91 Å². The highest BCUT2D eigenvalue weighted by Crippen LogP contribution is 2.36. The Morgan fingerprint density at radius 2 is 1.97 bits per heavy atom. The minimum atomic E-state index is -3.33. The van der Waals surface area contributed by atoms with Gasteiger partial charge in [-0.15, -0.1) is 0 Å². The summed E-state index contributed by atoms with van der Waals surface area (Å²) in [5.41, 5.74) is -0.819. The van der Waals surface area contributed by atoms with E-state index in [0.29, 0.717) is 44.2 Å². The molecule has 2 aliphatic rings. The van der Waals surface area contributed by atoms with Gasteiger partial charge in [-0.3, -0.25) is 4.79 Å². The van der Waals surface area contributed by atoms with Crippen molar-refractivity contribution in [2.75, 3.05) is 25.2 Å². The Labute approximate surface area is 187 Å². The zero-order valence-corrected chi connectivity index (χ0v) is 18.0. The fraction of sp³-hybridized carbons (Fsp3) is 0.500. The van der Waals surface area contributed by atoms with E-state index in [9.17, 15) is 22.4 Å². The van der Waals surface area contributed by atoms with E-state index in [0.717, 1.165) is 6.07 Å². The van der Waals surface area contributed by atoms with Gasteiger partial charge in [0.05, 0.1) is 42.0 Å². The molecule has 2 N–H and O–H groups in total. The number of anilines is 1. The highest BCUT2D eigenvalue weighted by molar-refractivity contribution is 5.80. The van der Waals surface area contributed by atoms with E-state index in [1.54, 1.807) is 0 Å². The van der Waals surface area contributed by atoms with Crippen LogP contribution in [0.2, 0.25) is 0 Å². The van der Waals surface area contributed by atoms with Crippen molar-refractivity contribution in [2.24, 2.45) is 0 Å². The average molecular weight is 468 g/mol. The molecule has 178 valence electrons. The predicted molar refractivity (Wildman–Crippen MR) is 110 cm³/mol. The van der Waals surface area contributed by atoms with Crippen LogP contribution in [0.5, 0.6) is 0 Å². The number of hydrogen-bond acceptors (Lipinski definition) is 6. The van der Waals surface area contributed by atoms with Gasteiger partial charge in [0.1, 0.15) is 24.6 Å². The van der Waals surface area contributed by atoms with E-state index in [4.69, 9.17) is 9.47 Å². The number of nitrogens with zero attached hydrogens (tertiary/aromatic N) is 2. The van der Waals surface area contributed by atoms with Crippen molar-refractivity contribution >= 4 is 11.7 Å². The van der Waals surface area contributed by atoms with Crippen molar-refractivity contribution in [3.8, 4) is 0 Å². The summed E-state index contributed by atoms with van der Waals surface area (Å²) < 4.78 is 66.3. The molecule has 0 spiro atoms. The summed E-state index contributed by atoms with van der Waals surface area (Å²) in [5, 5.41) is 5.62. The van der Waals surface area contributed by atoms with E-state index < -0.39 is 41.7 Å². The Balaban J connectivity index is 1.57. The number of nitrogens with one attached hydrogen (secondary N) is 2. The van der Waals surface area contributed by atoms with Gasteiger partial charge in [-0.05, 0) is 12.8 Å². The van der Waals surface area contributed by atoms with Crippen LogP contribution >= 0.6 is 0 Å². The predicted octanol–water partition coefficient (Wildman–Crippen LogP) is 3.55. The second-order valence-electron chi connectivity index (χ2n) is 8.32. The Morgan fingerprint density at radius 3 is 2.61 bits per heavy atom. The number of amides is 1. The molecule has 2 fully saturated rings. The molecule has 1 aliphatic carbocycles. The first kappa shape index (κ1) is 23.4. The molecule has 0 bridgehead atoms. The van der Waals surface area contributed by atoms with Crippen LogP contribution in [0.4, 0.5) is 23.4 Å². The topological polar surface area (TPSA) is 85.4 Å². The third-order valence-corrected chi connectivity index (χ3v) is 5.66. The van der Waals surface area contributed by atoms with Crippen LogP contribution in [0.25, 0.3) is 0 Å². The number of aromatic nitrogens is 2. The number of halogens is 4. The Hall–Kier alpha value is -2.79. The van der Waals surface area contributed by atoms with Crippen LogP contribution in [-0.4, -0.2) is 41.3 Å². The Morgan fingerprint density at radius 1 is 1.24 bits per heavy atom. The lowest BCUT2D eigenvalue weighted by atomic mass is 10.0. The van der Waals surface area contributed by atoms with E-state index >= 15 is 0 Å². The first-order valence-corrected chi connectivity index (χ1v) is 10.6. The van der Waals surface area contributed by atoms with Crippen LogP contribution in [0.3, 0.4) is 0 Å². The largest absolute Gasteiger partial charge is 0.365 e. The minimum Gasteiger partial charge on any atom is -0.365 e. The molecule has 1 aromatic heterocycles. The summed E-state index contributed by atoms with van der Waals surface area (Å²) in [7, 11) is 0. The van der Waals surface area contributed by atoms with Crippen molar-refractivity contribution in [1.29, 1.82) is 0 Å². The Kier molecular flexibility index (Phi) is 6.53. The van der Waals surface area contributed by atoms with Crippen molar-refractivity contribution in [3.63, 3.8) is 0 Å². The molecule has 33 heavy (non-hydrogen) atoms. The standard InChI is InChI=1S/C22H24F4N4O3/c1-21(25,26)14-4-2-3-13(18(14)24)10-27-19-17(20-32-7-8-33-20)15(28-12-29-19)9-16(31)30-22(11-23)5-6-22/h2-4,12,20H,5-11H2,1H3,(H,30,31)(H,27,28,29). The molecule has 0 radical (unpaired) electrons. The number of carbonyl (C=O) groups excluding carboxylic acids is 1. The fourth-order valence-electron chi connectivity index (χ4n) is 3.66. The quantitative estimate of drug-likeness (QED) is 0.548. The minimum absolute atomic E-state index is 0.0183. The molecule has 7 nitrogen and oxygen atoms in total. The molecule has 0 atom stereocenters. The normalized spacial score (nSPS) is 17.7. The van der Waals surface area contributed by atoms with Gasteiger partial charge >= 0.3 is 0 Å². The molecular formula is C22H24F4N4O3. The van der Waals surface area contributed by atoms with Gasteiger partial charge in [0.15, 0.2) is 6.29 Å². The molecule has 1 aliphatic heterocycles. The monoisotopic (exact) mass is 468 g/mol. The zero-order valence-electron chi connectivity index (χ0n) is 18.0. The van der Waals surface area contributed by atoms with Gasteiger partial charge in [-0.1, -0.05) is 18.2 Å². The fourth-order valence-corrected chi connectivity index (χ4v) is 3.66. The lowest BCUT2D eigenvalue weighted by molar-refractivity contribution is -0.121. The molecule has 1 saturated heterocycles. The molecule has 11 heteroatoms. The van der Waals surface area contributed by atoms with Crippen molar-refractivity contribution < 1.29 is 31.8 Å². The summed E-state index contributed by atoms with van der Waals surface area (Å²) in [4.78, 5) is 20.8. The van der Waals surface area contributed by atoms with Gasteiger partial charge in [0.25, 0.3) is 5.92 Å². The van der Waals surface area contributed by atoms with E-state index in [-0.39, 0.29) is 24.3 Å². The SMILES string of the molecule is CC(F)(F)c1cccc(CNc2ncnc(CC(=O)NC3(CF)CC3)c2C2OCCO2)c1F. The van der Waals surface area contributed by atoms with Gasteiger partial charge in [-0.2, -0.15) is 0 Å². The van der Waals surface area contributed by atoms with Crippen molar-refractivity contribution in [3.05, 3.63) is 52.7 Å². The van der Waals surface area contributed by atoms with Gasteiger partial charge < -0.3 is 20.1 Å². The molecule has 1 saturated carbocycles. The zero-order chi connectivity index (χ0) is 23.6. The summed E-state index contributed by atoms with van der Waals surface area (Å²) in [6, 6.07) is 3.78. The van der Waals surface area contributed by atoms with Crippen LogP contribution in [-0.2, 0) is 33.2 Å². The molecule has 1 amide bonds. The highest BCUT2D eigenvalue weighted by Gasteiger charge is 2.44. The lowest BCUT2D eigenvalue weighted by Gasteiger charge is -2.20. The maximum atomic E-state index is 14.6. The number of carbonyl (C=O) groups is 1. The van der Waals surface area contributed by atoms with Crippen LogP contribution < -0.4 is 10.6 Å². The third-order valence-electron chi connectivity index (χ3n) is 5.66. The highest BCUT2D eigenvalue weighted by atomic mass is 19.3. The Bertz CT molecular complexity index is 1020. The second kappa shape index (κ2) is 9.22. The maximum absolute atomic E-state index is 14.6. The molecule has 2 heterocycles. The molecule has 1 aromatic carbocycles. The van der Waals surface area contributed by atoms with E-state index in [2.05, 4.69) is 20.6 Å². The van der Waals surface area contributed by atoms with E-state index in [1.165, 1.54) is 18.5 Å². The van der Waals surface area contributed by atoms with E-state index in [1.807, 2.05) is 0 Å². The third kappa shape index (κ3) is 5.25. The summed E-state index contributed by atoms with van der Waals surface area (Å²) in [6.07, 6.45) is 1.36. The number of hydrogen-bond donors (Lipinski definition) is 2. The van der Waals surface area contributed by atoms with Crippen LogP contribution in [0.15, 0.2) is 24.5 Å². The molecular weight excluding hydrogens is 444 g/mol. The average Bonchev–Trinajstić information content (AvgIpc) is 3.32. The second-order valence-corrected chi connectivity index (χ2v) is 8.32. The molecule has 2 aromatic rings. The summed E-state index contributed by atoms with van der Waals surface area (Å²) in [6.45, 7) is 0.475. The number of ether oxygens (including phenoxy) is 2. The van der Waals surface area contributed by atoms with Crippen LogP contribution in [0.1, 0.15) is 48.4 Å². The summed E-state index contributed by atoms with van der Waals surface area (Å²) in [5.74, 6) is -4.52. The number of rotatable bonds is 9. The summed E-state index contributed by atoms with van der Waals surface area (Å²) >= 11 is 0. The number of alkyl halides is 3. The van der Waals surface area contributed by atoms with Crippen LogP contribution in [0, 0.1) is 5.82 Å². The molecule has 4 rings (SSSR count). The van der Waals surface area contributed by atoms with Crippen molar-refractivity contribution in [1.82, 2.24) is 15.3 Å². The maximum Gasteiger partial charge on any atom is 0.273 e.